The number of thiophene rings is 1. The van der Waals surface area contributed by atoms with E-state index in [1.807, 2.05) is 11.3 Å². The Hall–Kier alpha value is -1.38. The lowest BCUT2D eigenvalue weighted by Gasteiger charge is -2.28. The maximum atomic E-state index is 2.48. The molecule has 0 fully saturated rings. The Balaban J connectivity index is 1.92. The third kappa shape index (κ3) is 3.99. The van der Waals surface area contributed by atoms with Crippen molar-refractivity contribution in [2.24, 2.45) is 0 Å². The number of likely N-dealkylation sites (N-methyl/N-ethyl adjacent to an activating group) is 1. The molecular formula is C22H29NS. The Kier molecular flexibility index (Phi) is 5.91. The van der Waals surface area contributed by atoms with Crippen LogP contribution in [0.5, 0.6) is 0 Å². The lowest BCUT2D eigenvalue weighted by Crippen LogP contribution is -2.27. The molecule has 0 saturated carbocycles. The molecule has 1 aliphatic rings. The number of aryl methyl sites for hydroxylation is 1. The summed E-state index contributed by atoms with van der Waals surface area (Å²) in [5.74, 6) is 0. The van der Waals surface area contributed by atoms with E-state index in [1.165, 1.54) is 59.5 Å². The van der Waals surface area contributed by atoms with E-state index in [2.05, 4.69) is 62.2 Å². The predicted octanol–water partition coefficient (Wildman–Crippen LogP) is 6.39. The second-order valence-corrected chi connectivity index (χ2v) is 8.23. The maximum absolute atomic E-state index is 2.48. The molecule has 0 N–H and O–H groups in total. The third-order valence-electron chi connectivity index (χ3n) is 5.01. The summed E-state index contributed by atoms with van der Waals surface area (Å²) < 4.78 is 0. The van der Waals surface area contributed by atoms with E-state index in [4.69, 9.17) is 0 Å². The summed E-state index contributed by atoms with van der Waals surface area (Å²) in [5.41, 5.74) is 6.18. The molecule has 2 heteroatoms. The van der Waals surface area contributed by atoms with Gasteiger partial charge in [-0.3, -0.25) is 0 Å². The van der Waals surface area contributed by atoms with Gasteiger partial charge >= 0.3 is 0 Å². The number of nitrogens with zero attached hydrogens (tertiary/aromatic N) is 1. The standard InChI is InChI=1S/C22H29NS/c1-4-5-7-12-19-16-23(3)14-13-20(19)21-15-22(24-17(21)2)18-10-8-6-9-11-18/h6,8-11,15H,4-5,7,12-14,16H2,1-3H3. The van der Waals surface area contributed by atoms with E-state index in [9.17, 15) is 0 Å². The highest BCUT2D eigenvalue weighted by Crippen LogP contribution is 2.38. The summed E-state index contributed by atoms with van der Waals surface area (Å²) >= 11 is 1.94. The lowest BCUT2D eigenvalue weighted by atomic mass is 9.90. The molecule has 1 aromatic heterocycles. The number of hydrogen-bond donors (Lipinski definition) is 0. The van der Waals surface area contributed by atoms with Crippen molar-refractivity contribution in [2.75, 3.05) is 20.1 Å². The number of unbranched alkanes of at least 4 members (excludes halogenated alkanes) is 2. The fraction of sp³-hybridized carbons (Fsp3) is 0.455. The van der Waals surface area contributed by atoms with Crippen LogP contribution in [-0.2, 0) is 0 Å². The second-order valence-electron chi connectivity index (χ2n) is 6.97. The molecule has 1 aliphatic heterocycles. The van der Waals surface area contributed by atoms with E-state index in [-0.39, 0.29) is 0 Å². The first-order valence-electron chi connectivity index (χ1n) is 9.24. The van der Waals surface area contributed by atoms with Gasteiger partial charge in [0, 0.05) is 22.8 Å². The van der Waals surface area contributed by atoms with Crippen LogP contribution in [0.15, 0.2) is 42.0 Å². The first kappa shape index (κ1) is 17.4. The quantitative estimate of drug-likeness (QED) is 0.551. The molecule has 0 spiro atoms. The summed E-state index contributed by atoms with van der Waals surface area (Å²) in [5, 5.41) is 0. The predicted molar refractivity (Wildman–Crippen MR) is 108 cm³/mol. The minimum atomic E-state index is 1.15. The van der Waals surface area contributed by atoms with Crippen molar-refractivity contribution in [3.8, 4) is 10.4 Å². The second kappa shape index (κ2) is 8.13. The maximum Gasteiger partial charge on any atom is 0.0351 e. The summed E-state index contributed by atoms with van der Waals surface area (Å²) in [4.78, 5) is 5.36. The molecule has 128 valence electrons. The molecule has 2 aromatic rings. The van der Waals surface area contributed by atoms with E-state index < -0.39 is 0 Å². The fourth-order valence-corrected chi connectivity index (χ4v) is 4.70. The highest BCUT2D eigenvalue weighted by atomic mass is 32.1. The Morgan fingerprint density at radius 2 is 1.92 bits per heavy atom. The van der Waals surface area contributed by atoms with Gasteiger partial charge in [-0.25, -0.2) is 0 Å². The van der Waals surface area contributed by atoms with Gasteiger partial charge in [-0.05, 0) is 56.0 Å². The van der Waals surface area contributed by atoms with Gasteiger partial charge in [0.25, 0.3) is 0 Å². The van der Waals surface area contributed by atoms with Gasteiger partial charge in [0.05, 0.1) is 0 Å². The van der Waals surface area contributed by atoms with Crippen molar-refractivity contribution in [3.63, 3.8) is 0 Å². The van der Waals surface area contributed by atoms with Crippen LogP contribution in [0.2, 0.25) is 0 Å². The minimum Gasteiger partial charge on any atom is -0.302 e. The molecule has 3 rings (SSSR count). The molecule has 0 aliphatic carbocycles. The average Bonchev–Trinajstić information content (AvgIpc) is 2.98. The normalized spacial score (nSPS) is 16.0. The summed E-state index contributed by atoms with van der Waals surface area (Å²) in [6.45, 7) is 6.91. The van der Waals surface area contributed by atoms with Gasteiger partial charge in [-0.15, -0.1) is 11.3 Å². The first-order valence-corrected chi connectivity index (χ1v) is 10.1. The van der Waals surface area contributed by atoms with Crippen LogP contribution >= 0.6 is 11.3 Å². The van der Waals surface area contributed by atoms with Crippen molar-refractivity contribution in [1.82, 2.24) is 4.90 Å². The smallest absolute Gasteiger partial charge is 0.0351 e. The zero-order chi connectivity index (χ0) is 16.9. The van der Waals surface area contributed by atoms with Gasteiger partial charge in [0.15, 0.2) is 0 Å². The van der Waals surface area contributed by atoms with Crippen molar-refractivity contribution in [2.45, 2.75) is 46.0 Å². The molecule has 0 unspecified atom stereocenters. The zero-order valence-corrected chi connectivity index (χ0v) is 16.1. The average molecular weight is 340 g/mol. The Morgan fingerprint density at radius 3 is 2.67 bits per heavy atom. The van der Waals surface area contributed by atoms with Crippen LogP contribution in [-0.4, -0.2) is 25.0 Å². The van der Waals surface area contributed by atoms with Gasteiger partial charge < -0.3 is 4.90 Å². The molecule has 0 bridgehead atoms. The van der Waals surface area contributed by atoms with Crippen LogP contribution in [0.1, 0.15) is 49.5 Å². The molecular weight excluding hydrogens is 310 g/mol. The Morgan fingerprint density at radius 1 is 1.12 bits per heavy atom. The van der Waals surface area contributed by atoms with Crippen LogP contribution in [0.25, 0.3) is 16.0 Å². The molecule has 0 saturated heterocycles. The van der Waals surface area contributed by atoms with E-state index in [0.717, 1.165) is 6.54 Å². The van der Waals surface area contributed by atoms with Gasteiger partial charge in [-0.2, -0.15) is 0 Å². The highest BCUT2D eigenvalue weighted by Gasteiger charge is 2.20. The van der Waals surface area contributed by atoms with Crippen LogP contribution in [0.4, 0.5) is 0 Å². The molecule has 2 heterocycles. The SMILES string of the molecule is CCCCCC1=C(c2cc(-c3ccccc3)sc2C)CCN(C)C1. The van der Waals surface area contributed by atoms with Crippen molar-refractivity contribution >= 4 is 16.9 Å². The number of rotatable bonds is 6. The van der Waals surface area contributed by atoms with Gasteiger partial charge in [0.2, 0.25) is 0 Å². The molecule has 0 amide bonds. The monoisotopic (exact) mass is 339 g/mol. The number of hydrogen-bond acceptors (Lipinski definition) is 2. The van der Waals surface area contributed by atoms with Crippen molar-refractivity contribution in [1.29, 1.82) is 0 Å². The Labute approximate surface area is 151 Å². The lowest BCUT2D eigenvalue weighted by molar-refractivity contribution is 0.353. The van der Waals surface area contributed by atoms with E-state index in [0.29, 0.717) is 0 Å². The summed E-state index contributed by atoms with van der Waals surface area (Å²) in [7, 11) is 2.26. The number of benzene rings is 1. The third-order valence-corrected chi connectivity index (χ3v) is 6.11. The summed E-state index contributed by atoms with van der Waals surface area (Å²) in [6.07, 6.45) is 6.44. The zero-order valence-electron chi connectivity index (χ0n) is 15.3. The minimum absolute atomic E-state index is 1.15. The van der Waals surface area contributed by atoms with E-state index >= 15 is 0 Å². The highest BCUT2D eigenvalue weighted by molar-refractivity contribution is 7.15. The first-order chi connectivity index (χ1) is 11.7. The van der Waals surface area contributed by atoms with Crippen LogP contribution < -0.4 is 0 Å². The van der Waals surface area contributed by atoms with Crippen molar-refractivity contribution in [3.05, 3.63) is 52.4 Å². The summed E-state index contributed by atoms with van der Waals surface area (Å²) in [6, 6.07) is 13.2. The Bertz CT molecular complexity index is 696. The topological polar surface area (TPSA) is 3.24 Å². The molecule has 0 radical (unpaired) electrons. The molecule has 0 atom stereocenters. The van der Waals surface area contributed by atoms with Crippen molar-refractivity contribution < 1.29 is 0 Å². The molecule has 24 heavy (non-hydrogen) atoms. The molecule has 1 nitrogen and oxygen atoms in total. The van der Waals surface area contributed by atoms with Crippen LogP contribution in [0.3, 0.4) is 0 Å². The van der Waals surface area contributed by atoms with Gasteiger partial charge in [-0.1, -0.05) is 55.7 Å². The van der Waals surface area contributed by atoms with Crippen LogP contribution in [0, 0.1) is 6.92 Å². The fourth-order valence-electron chi connectivity index (χ4n) is 3.65. The van der Waals surface area contributed by atoms with E-state index in [1.54, 1.807) is 11.1 Å². The van der Waals surface area contributed by atoms with Gasteiger partial charge in [0.1, 0.15) is 0 Å². The molecule has 1 aromatic carbocycles. The largest absolute Gasteiger partial charge is 0.302 e.